The Morgan fingerprint density at radius 3 is 2.61 bits per heavy atom. The second kappa shape index (κ2) is 6.36. The lowest BCUT2D eigenvalue weighted by Crippen LogP contribution is -2.49. The van der Waals surface area contributed by atoms with Crippen LogP contribution in [0.1, 0.15) is 40.5 Å². The molecule has 106 valence electrons. The van der Waals surface area contributed by atoms with Crippen LogP contribution in [0.3, 0.4) is 0 Å². The fourth-order valence-corrected chi connectivity index (χ4v) is 1.83. The van der Waals surface area contributed by atoms with Gasteiger partial charge in [0.05, 0.1) is 12.6 Å². The van der Waals surface area contributed by atoms with E-state index in [1.165, 1.54) is 4.90 Å². The quantitative estimate of drug-likeness (QED) is 0.784. The van der Waals surface area contributed by atoms with Crippen LogP contribution >= 0.6 is 0 Å². The van der Waals surface area contributed by atoms with Gasteiger partial charge in [-0.15, -0.1) is 0 Å². The van der Waals surface area contributed by atoms with Crippen LogP contribution in [0.2, 0.25) is 0 Å². The molecular formula is C13H24FNO3. The Morgan fingerprint density at radius 1 is 1.44 bits per heavy atom. The topological polar surface area (TPSA) is 38.8 Å². The fourth-order valence-electron chi connectivity index (χ4n) is 1.83. The number of halogens is 1. The summed E-state index contributed by atoms with van der Waals surface area (Å²) in [6, 6.07) is 0. The first-order chi connectivity index (χ1) is 8.33. The van der Waals surface area contributed by atoms with Gasteiger partial charge in [-0.2, -0.15) is 0 Å². The molecule has 18 heavy (non-hydrogen) atoms. The standard InChI is InChI=1S/C13H24FNO3/c1-5-8-17-11-6-7-15(9-10(11)14)12(16)18-13(2,3)4/h10-11H,5-9H2,1-4H3/t10-,11?/m1/s1. The molecule has 1 heterocycles. The van der Waals surface area contributed by atoms with Crippen molar-refractivity contribution in [1.82, 2.24) is 4.90 Å². The molecule has 1 amide bonds. The number of hydrogen-bond donors (Lipinski definition) is 0. The Bertz CT molecular complexity index is 278. The highest BCUT2D eigenvalue weighted by Gasteiger charge is 2.33. The molecule has 0 N–H and O–H groups in total. The first kappa shape index (κ1) is 15.2. The normalized spacial score (nSPS) is 25.1. The third-order valence-corrected chi connectivity index (χ3v) is 2.67. The van der Waals surface area contributed by atoms with Gasteiger partial charge in [0.1, 0.15) is 11.8 Å². The number of nitrogens with zero attached hydrogens (tertiary/aromatic N) is 1. The Kier molecular flexibility index (Phi) is 5.38. The van der Waals surface area contributed by atoms with Gasteiger partial charge in [0.25, 0.3) is 0 Å². The molecule has 4 nitrogen and oxygen atoms in total. The molecule has 1 rings (SSSR count). The second-order valence-corrected chi connectivity index (χ2v) is 5.64. The maximum absolute atomic E-state index is 13.8. The van der Waals surface area contributed by atoms with E-state index in [-0.39, 0.29) is 12.6 Å². The van der Waals surface area contributed by atoms with Crippen molar-refractivity contribution in [2.75, 3.05) is 19.7 Å². The molecule has 0 saturated carbocycles. The van der Waals surface area contributed by atoms with Crippen LogP contribution in [0.4, 0.5) is 9.18 Å². The number of carbonyl (C=O) groups excluding carboxylic acids is 1. The van der Waals surface area contributed by atoms with E-state index in [9.17, 15) is 9.18 Å². The zero-order chi connectivity index (χ0) is 13.8. The smallest absolute Gasteiger partial charge is 0.410 e. The molecule has 0 radical (unpaired) electrons. The van der Waals surface area contributed by atoms with Crippen LogP contribution in [0.15, 0.2) is 0 Å². The number of carbonyl (C=O) groups is 1. The molecule has 1 aliphatic rings. The van der Waals surface area contributed by atoms with Gasteiger partial charge < -0.3 is 14.4 Å². The van der Waals surface area contributed by atoms with E-state index in [0.29, 0.717) is 19.6 Å². The molecule has 1 fully saturated rings. The number of likely N-dealkylation sites (tertiary alicyclic amines) is 1. The van der Waals surface area contributed by atoms with Gasteiger partial charge >= 0.3 is 6.09 Å². The zero-order valence-electron chi connectivity index (χ0n) is 11.7. The Labute approximate surface area is 108 Å². The van der Waals surface area contributed by atoms with E-state index in [1.54, 1.807) is 20.8 Å². The van der Waals surface area contributed by atoms with E-state index in [4.69, 9.17) is 9.47 Å². The van der Waals surface area contributed by atoms with E-state index in [0.717, 1.165) is 6.42 Å². The molecule has 2 atom stereocenters. The summed E-state index contributed by atoms with van der Waals surface area (Å²) in [5.41, 5.74) is -0.543. The Hall–Kier alpha value is -0.840. The number of piperidine rings is 1. The summed E-state index contributed by atoms with van der Waals surface area (Å²) in [4.78, 5) is 13.2. The molecule has 0 aliphatic carbocycles. The second-order valence-electron chi connectivity index (χ2n) is 5.64. The predicted molar refractivity (Wildman–Crippen MR) is 67.4 cm³/mol. The summed E-state index contributed by atoms with van der Waals surface area (Å²) in [5, 5.41) is 0. The average Bonchev–Trinajstić information content (AvgIpc) is 2.25. The van der Waals surface area contributed by atoms with Crippen molar-refractivity contribution in [3.63, 3.8) is 0 Å². The number of hydrogen-bond acceptors (Lipinski definition) is 3. The molecule has 1 unspecified atom stereocenters. The van der Waals surface area contributed by atoms with Gasteiger partial charge in [-0.05, 0) is 33.6 Å². The van der Waals surface area contributed by atoms with E-state index < -0.39 is 17.9 Å². The van der Waals surface area contributed by atoms with Crippen LogP contribution in [-0.2, 0) is 9.47 Å². The molecule has 0 aromatic carbocycles. The Balaban J connectivity index is 2.43. The maximum Gasteiger partial charge on any atom is 0.410 e. The van der Waals surface area contributed by atoms with Crippen molar-refractivity contribution in [2.45, 2.75) is 58.4 Å². The third-order valence-electron chi connectivity index (χ3n) is 2.67. The molecular weight excluding hydrogens is 237 g/mol. The van der Waals surface area contributed by atoms with Crippen molar-refractivity contribution >= 4 is 6.09 Å². The minimum absolute atomic E-state index is 0.0588. The number of amides is 1. The lowest BCUT2D eigenvalue weighted by molar-refractivity contribution is -0.0512. The number of alkyl halides is 1. The average molecular weight is 261 g/mol. The fraction of sp³-hybridized carbons (Fsp3) is 0.923. The summed E-state index contributed by atoms with van der Waals surface area (Å²) in [5.74, 6) is 0. The lowest BCUT2D eigenvalue weighted by atomic mass is 10.1. The first-order valence-corrected chi connectivity index (χ1v) is 6.57. The van der Waals surface area contributed by atoms with Crippen molar-refractivity contribution in [1.29, 1.82) is 0 Å². The molecule has 0 aromatic rings. The minimum Gasteiger partial charge on any atom is -0.444 e. The third kappa shape index (κ3) is 4.80. The molecule has 1 saturated heterocycles. The summed E-state index contributed by atoms with van der Waals surface area (Å²) in [6.45, 7) is 8.51. The Morgan fingerprint density at radius 2 is 2.11 bits per heavy atom. The van der Waals surface area contributed by atoms with Crippen LogP contribution in [0.5, 0.6) is 0 Å². The highest BCUT2D eigenvalue weighted by Crippen LogP contribution is 2.20. The van der Waals surface area contributed by atoms with Crippen molar-refractivity contribution in [3.8, 4) is 0 Å². The van der Waals surface area contributed by atoms with Gasteiger partial charge in [0, 0.05) is 13.2 Å². The van der Waals surface area contributed by atoms with Gasteiger partial charge in [-0.25, -0.2) is 9.18 Å². The van der Waals surface area contributed by atoms with Crippen molar-refractivity contribution in [2.24, 2.45) is 0 Å². The van der Waals surface area contributed by atoms with Crippen LogP contribution in [0.25, 0.3) is 0 Å². The first-order valence-electron chi connectivity index (χ1n) is 6.57. The number of rotatable bonds is 3. The van der Waals surface area contributed by atoms with Crippen LogP contribution in [0, 0.1) is 0 Å². The minimum atomic E-state index is -1.13. The van der Waals surface area contributed by atoms with Gasteiger partial charge in [0.2, 0.25) is 0 Å². The molecule has 1 aliphatic heterocycles. The lowest BCUT2D eigenvalue weighted by Gasteiger charge is -2.35. The summed E-state index contributed by atoms with van der Waals surface area (Å²) in [7, 11) is 0. The highest BCUT2D eigenvalue weighted by atomic mass is 19.1. The van der Waals surface area contributed by atoms with E-state index >= 15 is 0 Å². The van der Waals surface area contributed by atoms with Gasteiger partial charge in [-0.1, -0.05) is 6.92 Å². The maximum atomic E-state index is 13.8. The van der Waals surface area contributed by atoms with E-state index in [2.05, 4.69) is 0 Å². The summed E-state index contributed by atoms with van der Waals surface area (Å²) in [6.07, 6.45) is -0.556. The van der Waals surface area contributed by atoms with Gasteiger partial charge in [-0.3, -0.25) is 0 Å². The van der Waals surface area contributed by atoms with Crippen LogP contribution in [-0.4, -0.2) is 48.6 Å². The predicted octanol–water partition coefficient (Wildman–Crippen LogP) is 2.76. The van der Waals surface area contributed by atoms with Crippen molar-refractivity contribution < 1.29 is 18.7 Å². The monoisotopic (exact) mass is 261 g/mol. The van der Waals surface area contributed by atoms with Crippen molar-refractivity contribution in [3.05, 3.63) is 0 Å². The molecule has 0 bridgehead atoms. The largest absolute Gasteiger partial charge is 0.444 e. The molecule has 0 aromatic heterocycles. The highest BCUT2D eigenvalue weighted by molar-refractivity contribution is 5.68. The molecule has 0 spiro atoms. The molecule has 5 heteroatoms. The zero-order valence-corrected chi connectivity index (χ0v) is 11.7. The van der Waals surface area contributed by atoms with Crippen LogP contribution < -0.4 is 0 Å². The summed E-state index contributed by atoms with van der Waals surface area (Å²) < 4.78 is 24.5. The van der Waals surface area contributed by atoms with E-state index in [1.807, 2.05) is 6.92 Å². The summed E-state index contributed by atoms with van der Waals surface area (Å²) >= 11 is 0. The SMILES string of the molecule is CCCOC1CCN(C(=O)OC(C)(C)C)C[C@H]1F. The van der Waals surface area contributed by atoms with Gasteiger partial charge in [0.15, 0.2) is 0 Å². The number of ether oxygens (including phenoxy) is 2.